The van der Waals surface area contributed by atoms with Crippen LogP contribution in [-0.4, -0.2) is 44.8 Å². The number of guanidine groups is 1. The number of alkyl halides is 3. The van der Waals surface area contributed by atoms with Crippen molar-refractivity contribution in [3.63, 3.8) is 0 Å². The standard InChI is InChI=1S/C17H27F3N4OS.HI/c1-21-15(23-12-16(8-10-25-2)6-3-4-7-16)22-9-5-14-24-13(11-26-14)17(18,19)20;/h11H,3-10,12H2,1-2H3,(H2,21,22,23);1H. The van der Waals surface area contributed by atoms with Crippen molar-refractivity contribution in [1.29, 1.82) is 0 Å². The predicted molar refractivity (Wildman–Crippen MR) is 113 cm³/mol. The molecule has 0 aromatic carbocycles. The van der Waals surface area contributed by atoms with E-state index in [1.165, 1.54) is 25.7 Å². The lowest BCUT2D eigenvalue weighted by Crippen LogP contribution is -2.43. The zero-order valence-electron chi connectivity index (χ0n) is 15.7. The number of hydrogen-bond acceptors (Lipinski definition) is 4. The summed E-state index contributed by atoms with van der Waals surface area (Å²) in [5, 5.41) is 8.04. The Morgan fingerprint density at radius 3 is 2.59 bits per heavy atom. The molecule has 1 aliphatic rings. The van der Waals surface area contributed by atoms with Crippen LogP contribution in [0.3, 0.4) is 0 Å². The summed E-state index contributed by atoms with van der Waals surface area (Å²) < 4.78 is 43.0. The van der Waals surface area contributed by atoms with Crippen molar-refractivity contribution >= 4 is 41.3 Å². The lowest BCUT2D eigenvalue weighted by molar-refractivity contribution is -0.140. The van der Waals surface area contributed by atoms with E-state index >= 15 is 0 Å². The van der Waals surface area contributed by atoms with Crippen LogP contribution in [-0.2, 0) is 17.3 Å². The summed E-state index contributed by atoms with van der Waals surface area (Å²) in [6, 6.07) is 0. The molecule has 1 aromatic heterocycles. The van der Waals surface area contributed by atoms with Gasteiger partial charge >= 0.3 is 6.18 Å². The third-order valence-electron chi connectivity index (χ3n) is 4.83. The van der Waals surface area contributed by atoms with Crippen molar-refractivity contribution in [1.82, 2.24) is 15.6 Å². The van der Waals surface area contributed by atoms with Gasteiger partial charge in [-0.25, -0.2) is 4.98 Å². The molecule has 0 atom stereocenters. The molecule has 27 heavy (non-hydrogen) atoms. The van der Waals surface area contributed by atoms with Gasteiger partial charge in [0.25, 0.3) is 0 Å². The minimum absolute atomic E-state index is 0. The van der Waals surface area contributed by atoms with Gasteiger partial charge in [0, 0.05) is 45.7 Å². The third-order valence-corrected chi connectivity index (χ3v) is 5.74. The van der Waals surface area contributed by atoms with E-state index in [4.69, 9.17) is 4.74 Å². The molecule has 0 bridgehead atoms. The monoisotopic (exact) mass is 520 g/mol. The molecule has 1 heterocycles. The first-order chi connectivity index (χ1) is 12.4. The van der Waals surface area contributed by atoms with Crippen LogP contribution in [0, 0.1) is 5.41 Å². The van der Waals surface area contributed by atoms with Crippen LogP contribution < -0.4 is 10.6 Å². The number of nitrogens with one attached hydrogen (secondary N) is 2. The Morgan fingerprint density at radius 2 is 2.04 bits per heavy atom. The fourth-order valence-corrected chi connectivity index (χ4v) is 4.10. The van der Waals surface area contributed by atoms with E-state index in [1.807, 2.05) is 0 Å². The molecule has 5 nitrogen and oxygen atoms in total. The molecule has 1 fully saturated rings. The highest BCUT2D eigenvalue weighted by Gasteiger charge is 2.34. The molecule has 0 unspecified atom stereocenters. The average molecular weight is 520 g/mol. The maximum absolute atomic E-state index is 12.6. The summed E-state index contributed by atoms with van der Waals surface area (Å²) in [6.07, 6.45) is 1.91. The molecule has 1 saturated carbocycles. The minimum Gasteiger partial charge on any atom is -0.385 e. The van der Waals surface area contributed by atoms with Crippen molar-refractivity contribution < 1.29 is 17.9 Å². The second-order valence-electron chi connectivity index (χ2n) is 6.68. The van der Waals surface area contributed by atoms with Gasteiger partial charge in [0.2, 0.25) is 0 Å². The molecule has 1 aliphatic carbocycles. The van der Waals surface area contributed by atoms with Crippen LogP contribution in [0.2, 0.25) is 0 Å². The Labute approximate surface area is 179 Å². The number of nitrogens with zero attached hydrogens (tertiary/aromatic N) is 2. The summed E-state index contributed by atoms with van der Waals surface area (Å²) in [7, 11) is 3.41. The van der Waals surface area contributed by atoms with E-state index in [-0.39, 0.29) is 29.4 Å². The number of aromatic nitrogens is 1. The molecule has 2 N–H and O–H groups in total. The Hall–Kier alpha value is -0.620. The van der Waals surface area contributed by atoms with Crippen molar-refractivity contribution in [2.75, 3.05) is 33.9 Å². The lowest BCUT2D eigenvalue weighted by Gasteiger charge is -2.29. The SMILES string of the molecule is CN=C(NCCc1nc(C(F)(F)F)cs1)NCC1(CCOC)CCCC1.I. The molecule has 10 heteroatoms. The number of halogens is 4. The summed E-state index contributed by atoms with van der Waals surface area (Å²) in [5.74, 6) is 0.668. The molecule has 0 aliphatic heterocycles. The zero-order chi connectivity index (χ0) is 19.0. The number of aliphatic imine (C=N–C) groups is 1. The van der Waals surface area contributed by atoms with E-state index in [0.717, 1.165) is 36.3 Å². The quantitative estimate of drug-likeness (QED) is 0.308. The average Bonchev–Trinajstić information content (AvgIpc) is 3.26. The van der Waals surface area contributed by atoms with Gasteiger partial charge in [0.05, 0.1) is 5.01 Å². The van der Waals surface area contributed by atoms with Gasteiger partial charge in [0.1, 0.15) is 0 Å². The smallest absolute Gasteiger partial charge is 0.385 e. The predicted octanol–water partition coefficient (Wildman–Crippen LogP) is 4.08. The van der Waals surface area contributed by atoms with Crippen molar-refractivity contribution in [2.45, 2.75) is 44.7 Å². The van der Waals surface area contributed by atoms with E-state index in [1.54, 1.807) is 14.2 Å². The van der Waals surface area contributed by atoms with Crippen LogP contribution in [0.5, 0.6) is 0 Å². The fraction of sp³-hybridized carbons (Fsp3) is 0.765. The number of rotatable bonds is 8. The first kappa shape index (κ1) is 24.4. The van der Waals surface area contributed by atoms with E-state index in [2.05, 4.69) is 20.6 Å². The first-order valence-corrected chi connectivity index (χ1v) is 9.71. The fourth-order valence-electron chi connectivity index (χ4n) is 3.29. The molecule has 0 radical (unpaired) electrons. The summed E-state index contributed by atoms with van der Waals surface area (Å²) in [5.41, 5.74) is -0.578. The van der Waals surface area contributed by atoms with Gasteiger partial charge < -0.3 is 15.4 Å². The Kier molecular flexibility index (Phi) is 10.3. The second kappa shape index (κ2) is 11.4. The second-order valence-corrected chi connectivity index (χ2v) is 7.62. The largest absolute Gasteiger partial charge is 0.434 e. The molecular weight excluding hydrogens is 492 g/mol. The molecule has 0 amide bonds. The van der Waals surface area contributed by atoms with Gasteiger partial charge in [-0.05, 0) is 24.7 Å². The topological polar surface area (TPSA) is 58.5 Å². The minimum atomic E-state index is -4.38. The molecule has 0 spiro atoms. The Morgan fingerprint density at radius 1 is 1.33 bits per heavy atom. The van der Waals surface area contributed by atoms with Crippen molar-refractivity contribution in [3.05, 3.63) is 16.1 Å². The van der Waals surface area contributed by atoms with Gasteiger partial charge in [0.15, 0.2) is 11.7 Å². The maximum atomic E-state index is 12.6. The molecule has 0 saturated heterocycles. The zero-order valence-corrected chi connectivity index (χ0v) is 18.8. The molecule has 1 aromatic rings. The van der Waals surface area contributed by atoms with Crippen molar-refractivity contribution in [3.8, 4) is 0 Å². The van der Waals surface area contributed by atoms with Gasteiger partial charge in [-0.2, -0.15) is 13.2 Å². The highest BCUT2D eigenvalue weighted by molar-refractivity contribution is 14.0. The summed E-state index contributed by atoms with van der Waals surface area (Å²) in [4.78, 5) is 7.84. The van der Waals surface area contributed by atoms with Crippen LogP contribution in [0.1, 0.15) is 42.8 Å². The van der Waals surface area contributed by atoms with Gasteiger partial charge in [-0.15, -0.1) is 35.3 Å². The number of thiazole rings is 1. The lowest BCUT2D eigenvalue weighted by atomic mass is 9.83. The number of ether oxygens (including phenoxy) is 1. The number of methoxy groups -OCH3 is 1. The Balaban J connectivity index is 0.00000364. The van der Waals surface area contributed by atoms with E-state index in [0.29, 0.717) is 23.9 Å². The maximum Gasteiger partial charge on any atom is 0.434 e. The summed E-state index contributed by atoms with van der Waals surface area (Å²) in [6.45, 7) is 2.06. The van der Waals surface area contributed by atoms with Crippen molar-refractivity contribution in [2.24, 2.45) is 10.4 Å². The number of hydrogen-bond donors (Lipinski definition) is 2. The van der Waals surface area contributed by atoms with E-state index in [9.17, 15) is 13.2 Å². The molecule has 2 rings (SSSR count). The van der Waals surface area contributed by atoms with Crippen LogP contribution in [0.4, 0.5) is 13.2 Å². The normalized spacial score (nSPS) is 16.9. The third kappa shape index (κ3) is 7.72. The Bertz CT molecular complexity index is 589. The van der Waals surface area contributed by atoms with E-state index < -0.39 is 11.9 Å². The van der Waals surface area contributed by atoms with Gasteiger partial charge in [-0.3, -0.25) is 4.99 Å². The molecular formula is C17H28F3IN4OS. The van der Waals surface area contributed by atoms with Crippen LogP contribution in [0.15, 0.2) is 10.4 Å². The summed E-state index contributed by atoms with van der Waals surface area (Å²) >= 11 is 1.03. The highest BCUT2D eigenvalue weighted by Crippen LogP contribution is 2.40. The van der Waals surface area contributed by atoms with Crippen LogP contribution >= 0.6 is 35.3 Å². The van der Waals surface area contributed by atoms with Crippen LogP contribution in [0.25, 0.3) is 0 Å². The van der Waals surface area contributed by atoms with Gasteiger partial charge in [-0.1, -0.05) is 12.8 Å². The first-order valence-electron chi connectivity index (χ1n) is 8.84. The molecule has 156 valence electrons. The highest BCUT2D eigenvalue weighted by atomic mass is 127.